The molecule has 0 N–H and O–H groups in total. The first-order valence-corrected chi connectivity index (χ1v) is 9.15. The Labute approximate surface area is 145 Å². The molecule has 1 unspecified atom stereocenters. The topological polar surface area (TPSA) is 43.2 Å². The van der Waals surface area contributed by atoms with Gasteiger partial charge >= 0.3 is 0 Å². The Morgan fingerprint density at radius 2 is 2.29 bits per heavy atom. The highest BCUT2D eigenvalue weighted by Gasteiger charge is 2.49. The third-order valence-corrected chi connectivity index (χ3v) is 6.26. The number of likely N-dealkylation sites (tertiary alicyclic amines) is 1. The molecule has 5 nitrogen and oxygen atoms in total. The summed E-state index contributed by atoms with van der Waals surface area (Å²) in [7, 11) is 1.99. The third kappa shape index (κ3) is 3.02. The summed E-state index contributed by atoms with van der Waals surface area (Å²) in [4.78, 5) is 6.43. The van der Waals surface area contributed by atoms with Crippen LogP contribution in [0, 0.1) is 12.7 Å². The summed E-state index contributed by atoms with van der Waals surface area (Å²) in [5.74, 6) is 0.640. The number of halogens is 1. The normalized spacial score (nSPS) is 22.7. The molecule has 7 heteroatoms. The quantitative estimate of drug-likeness (QED) is 0.849. The van der Waals surface area contributed by atoms with E-state index >= 15 is 0 Å². The van der Waals surface area contributed by atoms with E-state index in [-0.39, 0.29) is 22.5 Å². The van der Waals surface area contributed by atoms with Crippen LogP contribution >= 0.6 is 11.8 Å². The number of aromatic nitrogens is 3. The van der Waals surface area contributed by atoms with Crippen molar-refractivity contribution in [3.63, 3.8) is 0 Å². The molecule has 4 rings (SSSR count). The monoisotopic (exact) mass is 348 g/mol. The zero-order valence-corrected chi connectivity index (χ0v) is 14.7. The van der Waals surface area contributed by atoms with Gasteiger partial charge in [0.05, 0.1) is 11.4 Å². The maximum atomic E-state index is 13.7. The molecule has 0 aliphatic carbocycles. The lowest BCUT2D eigenvalue weighted by Gasteiger charge is -2.47. The van der Waals surface area contributed by atoms with Crippen LogP contribution in [0.4, 0.5) is 4.39 Å². The van der Waals surface area contributed by atoms with E-state index in [4.69, 9.17) is 4.74 Å². The smallest absolute Gasteiger partial charge is 0.250 e. The molecule has 24 heavy (non-hydrogen) atoms. The van der Waals surface area contributed by atoms with Gasteiger partial charge in [-0.3, -0.25) is 9.58 Å². The van der Waals surface area contributed by atoms with Gasteiger partial charge in [-0.1, -0.05) is 0 Å². The minimum atomic E-state index is -0.384. The van der Waals surface area contributed by atoms with E-state index in [9.17, 15) is 4.39 Å². The second kappa shape index (κ2) is 6.04. The standard InChI is InChI=1S/C17H21FN4OS/c1-12-6-13(21(2)20-12)8-22-10-17(11-22)7-14(9-24-17)23-16-15(18)4-3-5-19-16/h3-6,14H,7-11H2,1-2H3. The first kappa shape index (κ1) is 15.9. The van der Waals surface area contributed by atoms with Gasteiger partial charge in [0.15, 0.2) is 5.82 Å². The van der Waals surface area contributed by atoms with Gasteiger partial charge in [0.1, 0.15) is 6.10 Å². The number of aryl methyl sites for hydroxylation is 2. The molecule has 4 heterocycles. The van der Waals surface area contributed by atoms with Crippen molar-refractivity contribution in [1.82, 2.24) is 19.7 Å². The zero-order chi connectivity index (χ0) is 16.7. The summed E-state index contributed by atoms with van der Waals surface area (Å²) < 4.78 is 21.6. The number of hydrogen-bond acceptors (Lipinski definition) is 5. The van der Waals surface area contributed by atoms with Crippen molar-refractivity contribution in [2.45, 2.75) is 30.7 Å². The summed E-state index contributed by atoms with van der Waals surface area (Å²) in [5, 5.41) is 4.40. The van der Waals surface area contributed by atoms with Crippen molar-refractivity contribution in [3.8, 4) is 5.88 Å². The fourth-order valence-electron chi connectivity index (χ4n) is 3.64. The Morgan fingerprint density at radius 1 is 1.46 bits per heavy atom. The average Bonchev–Trinajstić information content (AvgIpc) is 3.05. The van der Waals surface area contributed by atoms with E-state index in [2.05, 4.69) is 21.0 Å². The van der Waals surface area contributed by atoms with Crippen LogP contribution in [0.15, 0.2) is 24.4 Å². The molecule has 128 valence electrons. The van der Waals surface area contributed by atoms with Gasteiger partial charge < -0.3 is 4.74 Å². The Hall–Kier alpha value is -1.60. The lowest BCUT2D eigenvalue weighted by molar-refractivity contribution is 0.0874. The lowest BCUT2D eigenvalue weighted by Crippen LogP contribution is -2.58. The molecule has 2 saturated heterocycles. The Bertz CT molecular complexity index is 744. The highest BCUT2D eigenvalue weighted by Crippen LogP contribution is 2.46. The van der Waals surface area contributed by atoms with Crippen LogP contribution in [-0.2, 0) is 13.6 Å². The third-order valence-electron chi connectivity index (χ3n) is 4.69. The fourth-order valence-corrected chi connectivity index (χ4v) is 5.21. The number of rotatable bonds is 4. The molecule has 0 radical (unpaired) electrons. The molecule has 2 aliphatic heterocycles. The van der Waals surface area contributed by atoms with Crippen LogP contribution in [-0.4, -0.2) is 49.4 Å². The summed E-state index contributed by atoms with van der Waals surface area (Å²) in [6.07, 6.45) is 2.56. The minimum Gasteiger partial charge on any atom is -0.471 e. The lowest BCUT2D eigenvalue weighted by atomic mass is 9.93. The second-order valence-electron chi connectivity index (χ2n) is 6.77. The number of nitrogens with zero attached hydrogens (tertiary/aromatic N) is 4. The number of thioether (sulfide) groups is 1. The molecular weight excluding hydrogens is 327 g/mol. The first-order chi connectivity index (χ1) is 11.5. The van der Waals surface area contributed by atoms with Crippen LogP contribution in [0.2, 0.25) is 0 Å². The van der Waals surface area contributed by atoms with Gasteiger partial charge in [-0.25, -0.2) is 9.37 Å². The SMILES string of the molecule is Cc1cc(CN2CC3(CC(Oc4ncccc4F)CS3)C2)n(C)n1. The molecule has 0 bridgehead atoms. The Kier molecular flexibility index (Phi) is 4.00. The summed E-state index contributed by atoms with van der Waals surface area (Å²) in [5.41, 5.74) is 2.30. The highest BCUT2D eigenvalue weighted by atomic mass is 32.2. The highest BCUT2D eigenvalue weighted by molar-refractivity contribution is 8.01. The van der Waals surface area contributed by atoms with Gasteiger partial charge in [-0.05, 0) is 25.1 Å². The van der Waals surface area contributed by atoms with E-state index in [0.29, 0.717) is 0 Å². The van der Waals surface area contributed by atoms with Gasteiger partial charge in [0.25, 0.3) is 5.88 Å². The van der Waals surface area contributed by atoms with Gasteiger partial charge in [0, 0.05) is 49.8 Å². The molecule has 0 amide bonds. The number of ether oxygens (including phenoxy) is 1. The number of pyridine rings is 1. The Balaban J connectivity index is 1.32. The van der Waals surface area contributed by atoms with Crippen LogP contribution in [0.3, 0.4) is 0 Å². The van der Waals surface area contributed by atoms with Crippen molar-refractivity contribution in [2.24, 2.45) is 7.05 Å². The summed E-state index contributed by atoms with van der Waals surface area (Å²) in [6.45, 7) is 5.05. The predicted octanol–water partition coefficient (Wildman–Crippen LogP) is 2.40. The van der Waals surface area contributed by atoms with E-state index in [1.807, 2.05) is 30.4 Å². The average molecular weight is 348 g/mol. The zero-order valence-electron chi connectivity index (χ0n) is 13.9. The summed E-state index contributed by atoms with van der Waals surface area (Å²) >= 11 is 1.95. The molecule has 2 aliphatic rings. The van der Waals surface area contributed by atoms with Crippen molar-refractivity contribution < 1.29 is 9.13 Å². The fraction of sp³-hybridized carbons (Fsp3) is 0.529. The molecule has 0 aromatic carbocycles. The molecule has 1 atom stereocenters. The summed E-state index contributed by atoms with van der Waals surface area (Å²) in [6, 6.07) is 5.11. The van der Waals surface area contributed by atoms with E-state index < -0.39 is 0 Å². The van der Waals surface area contributed by atoms with Gasteiger partial charge in [-0.15, -0.1) is 11.8 Å². The van der Waals surface area contributed by atoms with Gasteiger partial charge in [-0.2, -0.15) is 5.10 Å². The van der Waals surface area contributed by atoms with Crippen molar-refractivity contribution >= 4 is 11.8 Å². The first-order valence-electron chi connectivity index (χ1n) is 8.16. The predicted molar refractivity (Wildman–Crippen MR) is 91.6 cm³/mol. The molecule has 0 saturated carbocycles. The molecule has 2 fully saturated rings. The Morgan fingerprint density at radius 3 is 3.00 bits per heavy atom. The maximum Gasteiger partial charge on any atom is 0.250 e. The van der Waals surface area contributed by atoms with Crippen LogP contribution < -0.4 is 4.74 Å². The van der Waals surface area contributed by atoms with Crippen molar-refractivity contribution in [3.05, 3.63) is 41.6 Å². The second-order valence-corrected chi connectivity index (χ2v) is 8.26. The van der Waals surface area contributed by atoms with Crippen molar-refractivity contribution in [1.29, 1.82) is 0 Å². The number of hydrogen-bond donors (Lipinski definition) is 0. The van der Waals surface area contributed by atoms with Crippen LogP contribution in [0.5, 0.6) is 5.88 Å². The maximum absolute atomic E-state index is 13.7. The minimum absolute atomic E-state index is 0.0421. The van der Waals surface area contributed by atoms with Crippen LogP contribution in [0.25, 0.3) is 0 Å². The molecule has 1 spiro atoms. The van der Waals surface area contributed by atoms with E-state index in [1.54, 1.807) is 12.3 Å². The molecule has 2 aromatic heterocycles. The van der Waals surface area contributed by atoms with Crippen LogP contribution in [0.1, 0.15) is 17.8 Å². The van der Waals surface area contributed by atoms with E-state index in [0.717, 1.165) is 37.5 Å². The van der Waals surface area contributed by atoms with E-state index in [1.165, 1.54) is 11.8 Å². The molecular formula is C17H21FN4OS. The molecule has 2 aromatic rings. The largest absolute Gasteiger partial charge is 0.471 e. The van der Waals surface area contributed by atoms with Gasteiger partial charge in [0.2, 0.25) is 0 Å². The van der Waals surface area contributed by atoms with Crippen molar-refractivity contribution in [2.75, 3.05) is 18.8 Å².